The van der Waals surface area contributed by atoms with Crippen LogP contribution in [0, 0.1) is 11.8 Å². The molecule has 0 aromatic carbocycles. The Kier molecular flexibility index (Phi) is 1.56. The highest BCUT2D eigenvalue weighted by atomic mass is 16.7. The zero-order chi connectivity index (χ0) is 10.1. The van der Waals surface area contributed by atoms with Gasteiger partial charge in [0, 0.05) is 0 Å². The number of epoxide rings is 1. The smallest absolute Gasteiger partial charge is 0.124 e. The third kappa shape index (κ3) is 0.861. The Bertz CT molecular complexity index is 289. The fourth-order valence-electron chi connectivity index (χ4n) is 4.82. The molecule has 1 saturated heterocycles. The molecule has 4 aliphatic rings. The lowest BCUT2D eigenvalue weighted by atomic mass is 9.81. The Morgan fingerprint density at radius 2 is 1.60 bits per heavy atom. The van der Waals surface area contributed by atoms with Crippen LogP contribution < -0.4 is 0 Å². The van der Waals surface area contributed by atoms with Crippen molar-refractivity contribution in [3.8, 4) is 0 Å². The molecule has 1 aliphatic heterocycles. The van der Waals surface area contributed by atoms with Gasteiger partial charge in [-0.2, -0.15) is 0 Å². The predicted molar refractivity (Wildman–Crippen MR) is 56.5 cm³/mol. The lowest BCUT2D eigenvalue weighted by Crippen LogP contribution is -2.36. The van der Waals surface area contributed by atoms with Gasteiger partial charge in [0.1, 0.15) is 11.2 Å². The van der Waals surface area contributed by atoms with E-state index >= 15 is 0 Å². The minimum absolute atomic E-state index is 0.0646. The Labute approximate surface area is 91.0 Å². The van der Waals surface area contributed by atoms with Crippen LogP contribution in [0.5, 0.6) is 0 Å². The standard InChI is InChI=1S/C13H20O2/c14-11-7-3-4-8-12(11)13(15-12)9-5-1-2-6-10(9)13/h9-11,14H,1-8H2/t9-,10+,11-,12+,13?/m0/s1. The monoisotopic (exact) mass is 208 g/mol. The largest absolute Gasteiger partial charge is 0.390 e. The molecule has 1 heterocycles. The molecular weight excluding hydrogens is 188 g/mol. The number of rotatable bonds is 0. The molecule has 3 saturated carbocycles. The summed E-state index contributed by atoms with van der Waals surface area (Å²) >= 11 is 0. The summed E-state index contributed by atoms with van der Waals surface area (Å²) in [6.45, 7) is 0. The lowest BCUT2D eigenvalue weighted by molar-refractivity contribution is 0.0408. The van der Waals surface area contributed by atoms with Crippen LogP contribution in [0.25, 0.3) is 0 Å². The fourth-order valence-corrected chi connectivity index (χ4v) is 4.82. The first-order valence-electron chi connectivity index (χ1n) is 6.69. The number of ether oxygens (including phenoxy) is 1. The third-order valence-electron chi connectivity index (χ3n) is 5.54. The van der Waals surface area contributed by atoms with E-state index in [0.717, 1.165) is 24.7 Å². The summed E-state index contributed by atoms with van der Waals surface area (Å²) in [6, 6.07) is 0. The van der Waals surface area contributed by atoms with Gasteiger partial charge in [0.25, 0.3) is 0 Å². The van der Waals surface area contributed by atoms with Gasteiger partial charge in [0.05, 0.1) is 6.10 Å². The maximum absolute atomic E-state index is 10.2. The minimum atomic E-state index is -0.156. The molecule has 2 spiro atoms. The summed E-state index contributed by atoms with van der Waals surface area (Å²) in [7, 11) is 0. The van der Waals surface area contributed by atoms with Gasteiger partial charge in [0.2, 0.25) is 0 Å². The first-order valence-corrected chi connectivity index (χ1v) is 6.69. The van der Waals surface area contributed by atoms with E-state index < -0.39 is 0 Å². The number of hydrogen-bond acceptors (Lipinski definition) is 2. The van der Waals surface area contributed by atoms with Gasteiger partial charge >= 0.3 is 0 Å². The molecule has 0 bridgehead atoms. The van der Waals surface area contributed by atoms with Crippen molar-refractivity contribution >= 4 is 0 Å². The predicted octanol–water partition coefficient (Wildman–Crippen LogP) is 2.25. The summed E-state index contributed by atoms with van der Waals surface area (Å²) in [5, 5.41) is 10.2. The van der Waals surface area contributed by atoms with Crippen LogP contribution in [0.15, 0.2) is 0 Å². The van der Waals surface area contributed by atoms with Gasteiger partial charge in [-0.05, 0) is 37.5 Å². The van der Waals surface area contributed by atoms with E-state index in [9.17, 15) is 5.11 Å². The first kappa shape index (κ1) is 9.00. The highest BCUT2D eigenvalue weighted by Crippen LogP contribution is 2.79. The van der Waals surface area contributed by atoms with Crippen LogP contribution in [0.3, 0.4) is 0 Å². The molecule has 0 radical (unpaired) electrons. The highest BCUT2D eigenvalue weighted by Gasteiger charge is 2.89. The average molecular weight is 208 g/mol. The van der Waals surface area contributed by atoms with E-state index in [1.54, 1.807) is 0 Å². The second kappa shape index (κ2) is 2.60. The van der Waals surface area contributed by atoms with Crippen LogP contribution >= 0.6 is 0 Å². The molecule has 2 heteroatoms. The molecule has 1 unspecified atom stereocenters. The van der Waals surface area contributed by atoms with Crippen molar-refractivity contribution in [3.05, 3.63) is 0 Å². The molecule has 2 nitrogen and oxygen atoms in total. The third-order valence-corrected chi connectivity index (χ3v) is 5.54. The van der Waals surface area contributed by atoms with Crippen molar-refractivity contribution in [2.45, 2.75) is 68.7 Å². The van der Waals surface area contributed by atoms with E-state index in [2.05, 4.69) is 0 Å². The molecule has 1 N–H and O–H groups in total. The molecule has 0 amide bonds. The molecule has 3 aliphatic carbocycles. The van der Waals surface area contributed by atoms with Crippen molar-refractivity contribution in [2.75, 3.05) is 0 Å². The Morgan fingerprint density at radius 1 is 0.933 bits per heavy atom. The number of aliphatic hydroxyl groups is 1. The first-order chi connectivity index (χ1) is 7.31. The summed E-state index contributed by atoms with van der Waals surface area (Å²) < 4.78 is 6.15. The van der Waals surface area contributed by atoms with Crippen LogP contribution in [0.4, 0.5) is 0 Å². The fraction of sp³-hybridized carbons (Fsp3) is 1.00. The molecule has 4 fully saturated rings. The topological polar surface area (TPSA) is 32.8 Å². The van der Waals surface area contributed by atoms with Crippen molar-refractivity contribution in [2.24, 2.45) is 11.8 Å². The minimum Gasteiger partial charge on any atom is -0.390 e. The van der Waals surface area contributed by atoms with E-state index in [1.165, 1.54) is 38.5 Å². The van der Waals surface area contributed by atoms with Crippen molar-refractivity contribution in [3.63, 3.8) is 0 Å². The van der Waals surface area contributed by atoms with Gasteiger partial charge < -0.3 is 9.84 Å². The maximum atomic E-state index is 10.2. The van der Waals surface area contributed by atoms with Crippen molar-refractivity contribution < 1.29 is 9.84 Å². The van der Waals surface area contributed by atoms with Gasteiger partial charge in [-0.1, -0.05) is 25.7 Å². The van der Waals surface area contributed by atoms with E-state index in [1.807, 2.05) is 0 Å². The number of fused-ring (bicyclic) bond motifs is 4. The molecule has 15 heavy (non-hydrogen) atoms. The SMILES string of the molecule is O[C@H]1CCCC[C@@]12OC21[C@@H]2CCCC[C@@H]21. The van der Waals surface area contributed by atoms with Gasteiger partial charge in [0.15, 0.2) is 0 Å². The summed E-state index contributed by atoms with van der Waals surface area (Å²) in [5.74, 6) is 1.64. The van der Waals surface area contributed by atoms with E-state index in [4.69, 9.17) is 4.74 Å². The van der Waals surface area contributed by atoms with E-state index in [0.29, 0.717) is 0 Å². The molecular formula is C13H20O2. The molecule has 0 aromatic rings. The second-order valence-electron chi connectivity index (χ2n) is 6.04. The zero-order valence-electron chi connectivity index (χ0n) is 9.24. The van der Waals surface area contributed by atoms with Crippen LogP contribution in [-0.4, -0.2) is 22.4 Å². The van der Waals surface area contributed by atoms with Gasteiger partial charge in [-0.25, -0.2) is 0 Å². The maximum Gasteiger partial charge on any atom is 0.124 e. The van der Waals surface area contributed by atoms with Crippen molar-refractivity contribution in [1.82, 2.24) is 0 Å². The average Bonchev–Trinajstić information content (AvgIpc) is 3.12. The summed E-state index contributed by atoms with van der Waals surface area (Å²) in [6.07, 6.45) is 9.89. The van der Waals surface area contributed by atoms with Crippen LogP contribution in [-0.2, 0) is 4.74 Å². The normalized spacial score (nSPS) is 61.8. The lowest BCUT2D eigenvalue weighted by Gasteiger charge is -2.25. The molecule has 0 aromatic heterocycles. The molecule has 84 valence electrons. The number of hydrogen-bond donors (Lipinski definition) is 1. The highest BCUT2D eigenvalue weighted by molar-refractivity contribution is 5.36. The van der Waals surface area contributed by atoms with Crippen molar-refractivity contribution in [1.29, 1.82) is 0 Å². The molecule has 4 rings (SSSR count). The Balaban J connectivity index is 1.62. The second-order valence-corrected chi connectivity index (χ2v) is 6.04. The van der Waals surface area contributed by atoms with E-state index in [-0.39, 0.29) is 17.3 Å². The van der Waals surface area contributed by atoms with Gasteiger partial charge in [-0.15, -0.1) is 0 Å². The summed E-state index contributed by atoms with van der Waals surface area (Å²) in [5.41, 5.74) is 0.119. The number of aliphatic hydroxyl groups excluding tert-OH is 1. The van der Waals surface area contributed by atoms with Gasteiger partial charge in [-0.3, -0.25) is 0 Å². The molecule has 5 atom stereocenters. The Morgan fingerprint density at radius 3 is 2.27 bits per heavy atom. The van der Waals surface area contributed by atoms with Crippen LogP contribution in [0.1, 0.15) is 51.4 Å². The Hall–Kier alpha value is -0.0800. The van der Waals surface area contributed by atoms with Crippen LogP contribution in [0.2, 0.25) is 0 Å². The summed E-state index contributed by atoms with van der Waals surface area (Å²) in [4.78, 5) is 0. The quantitative estimate of drug-likeness (QED) is 0.619. The zero-order valence-corrected chi connectivity index (χ0v) is 9.24.